The highest BCUT2D eigenvalue weighted by atomic mass is 16.5. The number of anilines is 1. The summed E-state index contributed by atoms with van der Waals surface area (Å²) in [6.07, 6.45) is 0.790. The van der Waals surface area contributed by atoms with Gasteiger partial charge >= 0.3 is 0 Å². The molecule has 1 rings (SSSR count). The van der Waals surface area contributed by atoms with Gasteiger partial charge in [0.05, 0.1) is 12.3 Å². The Morgan fingerprint density at radius 1 is 1.37 bits per heavy atom. The van der Waals surface area contributed by atoms with E-state index in [1.807, 2.05) is 45.9 Å². The summed E-state index contributed by atoms with van der Waals surface area (Å²) in [7, 11) is 0. The van der Waals surface area contributed by atoms with Crippen LogP contribution in [0, 0.1) is 5.92 Å². The molecule has 0 bridgehead atoms. The summed E-state index contributed by atoms with van der Waals surface area (Å²) in [5, 5.41) is 2.88. The number of benzene rings is 1. The van der Waals surface area contributed by atoms with Crippen molar-refractivity contribution in [3.63, 3.8) is 0 Å². The van der Waals surface area contributed by atoms with Gasteiger partial charge in [-0.2, -0.15) is 0 Å². The first-order chi connectivity index (χ1) is 8.93. The van der Waals surface area contributed by atoms with Crippen molar-refractivity contribution in [1.82, 2.24) is 0 Å². The average Bonchev–Trinajstić information content (AvgIpc) is 2.31. The zero-order valence-electron chi connectivity index (χ0n) is 12.2. The van der Waals surface area contributed by atoms with Crippen LogP contribution in [-0.4, -0.2) is 18.6 Å². The van der Waals surface area contributed by atoms with E-state index in [9.17, 15) is 4.79 Å². The lowest BCUT2D eigenvalue weighted by molar-refractivity contribution is -0.118. The van der Waals surface area contributed by atoms with Crippen molar-refractivity contribution in [2.24, 2.45) is 11.7 Å². The van der Waals surface area contributed by atoms with E-state index in [1.54, 1.807) is 0 Å². The van der Waals surface area contributed by atoms with Gasteiger partial charge in [-0.15, -0.1) is 0 Å². The topological polar surface area (TPSA) is 64.3 Å². The zero-order valence-corrected chi connectivity index (χ0v) is 12.2. The first-order valence-electron chi connectivity index (χ1n) is 6.76. The van der Waals surface area contributed by atoms with E-state index in [2.05, 4.69) is 5.32 Å². The SMILES string of the molecule is CCOc1cc(CC(C)N)ccc1NC(=O)C(C)C. The molecule has 0 radical (unpaired) electrons. The van der Waals surface area contributed by atoms with Crippen molar-refractivity contribution >= 4 is 11.6 Å². The molecule has 1 unspecified atom stereocenters. The number of amides is 1. The van der Waals surface area contributed by atoms with Crippen LogP contribution in [-0.2, 0) is 11.2 Å². The van der Waals surface area contributed by atoms with Gasteiger partial charge in [-0.05, 0) is 38.0 Å². The van der Waals surface area contributed by atoms with Crippen molar-refractivity contribution < 1.29 is 9.53 Å². The Balaban J connectivity index is 2.94. The van der Waals surface area contributed by atoms with Gasteiger partial charge in [0.15, 0.2) is 0 Å². The molecule has 0 fully saturated rings. The van der Waals surface area contributed by atoms with Crippen molar-refractivity contribution in [3.05, 3.63) is 23.8 Å². The first kappa shape index (κ1) is 15.5. The minimum atomic E-state index is -0.0572. The van der Waals surface area contributed by atoms with E-state index in [-0.39, 0.29) is 17.9 Å². The molecule has 1 atom stereocenters. The molecule has 1 amide bonds. The van der Waals surface area contributed by atoms with E-state index in [0.29, 0.717) is 18.0 Å². The molecule has 4 nitrogen and oxygen atoms in total. The lowest BCUT2D eigenvalue weighted by Crippen LogP contribution is -2.19. The van der Waals surface area contributed by atoms with Crippen molar-refractivity contribution in [1.29, 1.82) is 0 Å². The fraction of sp³-hybridized carbons (Fsp3) is 0.533. The molecular formula is C15H24N2O2. The van der Waals surface area contributed by atoms with E-state index in [1.165, 1.54) is 0 Å². The average molecular weight is 264 g/mol. The number of rotatable bonds is 6. The smallest absolute Gasteiger partial charge is 0.227 e. The predicted octanol–water partition coefficient (Wildman–Crippen LogP) is 2.57. The van der Waals surface area contributed by atoms with Gasteiger partial charge < -0.3 is 15.8 Å². The third kappa shape index (κ3) is 4.91. The van der Waals surface area contributed by atoms with Crippen molar-refractivity contribution in [3.8, 4) is 5.75 Å². The first-order valence-corrected chi connectivity index (χ1v) is 6.76. The van der Waals surface area contributed by atoms with Gasteiger partial charge in [-0.3, -0.25) is 4.79 Å². The lowest BCUT2D eigenvalue weighted by atomic mass is 10.1. The van der Waals surface area contributed by atoms with Crippen LogP contribution in [0.3, 0.4) is 0 Å². The molecule has 0 aliphatic heterocycles. The summed E-state index contributed by atoms with van der Waals surface area (Å²) in [5.74, 6) is 0.633. The van der Waals surface area contributed by atoms with Crippen LogP contribution >= 0.6 is 0 Å². The molecule has 1 aromatic carbocycles. The Labute approximate surface area is 115 Å². The number of carbonyl (C=O) groups excluding carboxylic acids is 1. The minimum Gasteiger partial charge on any atom is -0.492 e. The molecular weight excluding hydrogens is 240 g/mol. The van der Waals surface area contributed by atoms with Crippen molar-refractivity contribution in [2.75, 3.05) is 11.9 Å². The Hall–Kier alpha value is -1.55. The van der Waals surface area contributed by atoms with Crippen LogP contribution in [0.1, 0.15) is 33.3 Å². The number of ether oxygens (including phenoxy) is 1. The van der Waals surface area contributed by atoms with Gasteiger partial charge in [0.1, 0.15) is 5.75 Å². The summed E-state index contributed by atoms with van der Waals surface area (Å²) in [6.45, 7) is 8.17. The Morgan fingerprint density at radius 2 is 2.05 bits per heavy atom. The molecule has 4 heteroatoms. The minimum absolute atomic E-state index is 0.0131. The molecule has 3 N–H and O–H groups in total. The second-order valence-corrected chi connectivity index (χ2v) is 5.09. The molecule has 0 aromatic heterocycles. The third-order valence-electron chi connectivity index (χ3n) is 2.69. The Kier molecular flexibility index (Phi) is 5.83. The van der Waals surface area contributed by atoms with E-state index in [4.69, 9.17) is 10.5 Å². The number of nitrogens with one attached hydrogen (secondary N) is 1. The molecule has 0 saturated carbocycles. The highest BCUT2D eigenvalue weighted by molar-refractivity contribution is 5.93. The summed E-state index contributed by atoms with van der Waals surface area (Å²) < 4.78 is 5.58. The molecule has 19 heavy (non-hydrogen) atoms. The van der Waals surface area contributed by atoms with Gasteiger partial charge in [0.2, 0.25) is 5.91 Å². The van der Waals surface area contributed by atoms with Crippen molar-refractivity contribution in [2.45, 2.75) is 40.2 Å². The summed E-state index contributed by atoms with van der Waals surface area (Å²) in [5.41, 5.74) is 7.63. The summed E-state index contributed by atoms with van der Waals surface area (Å²) >= 11 is 0. The van der Waals surface area contributed by atoms with Crippen LogP contribution in [0.4, 0.5) is 5.69 Å². The molecule has 0 spiro atoms. The Morgan fingerprint density at radius 3 is 2.58 bits per heavy atom. The second kappa shape index (κ2) is 7.14. The monoisotopic (exact) mass is 264 g/mol. The highest BCUT2D eigenvalue weighted by Gasteiger charge is 2.12. The largest absolute Gasteiger partial charge is 0.492 e. The predicted molar refractivity (Wildman–Crippen MR) is 78.4 cm³/mol. The van der Waals surface area contributed by atoms with Gasteiger partial charge in [-0.1, -0.05) is 19.9 Å². The molecule has 0 saturated heterocycles. The van der Waals surface area contributed by atoms with Crippen LogP contribution in [0.25, 0.3) is 0 Å². The van der Waals surface area contributed by atoms with Gasteiger partial charge in [0, 0.05) is 12.0 Å². The number of hydrogen-bond acceptors (Lipinski definition) is 3. The molecule has 1 aromatic rings. The molecule has 0 aliphatic rings. The van der Waals surface area contributed by atoms with Crippen LogP contribution < -0.4 is 15.8 Å². The summed E-state index contributed by atoms with van der Waals surface area (Å²) in [4.78, 5) is 11.7. The number of nitrogens with two attached hydrogens (primary N) is 1. The molecule has 0 heterocycles. The standard InChI is InChI=1S/C15H24N2O2/c1-5-19-14-9-12(8-11(4)16)6-7-13(14)17-15(18)10(2)3/h6-7,9-11H,5,8,16H2,1-4H3,(H,17,18). The number of hydrogen-bond donors (Lipinski definition) is 2. The quantitative estimate of drug-likeness (QED) is 0.830. The molecule has 106 valence electrons. The Bertz CT molecular complexity index is 428. The lowest BCUT2D eigenvalue weighted by Gasteiger charge is -2.15. The van der Waals surface area contributed by atoms with Crippen LogP contribution in [0.15, 0.2) is 18.2 Å². The van der Waals surface area contributed by atoms with Crippen LogP contribution in [0.2, 0.25) is 0 Å². The maximum absolute atomic E-state index is 11.7. The maximum atomic E-state index is 11.7. The van der Waals surface area contributed by atoms with Gasteiger partial charge in [-0.25, -0.2) is 0 Å². The summed E-state index contributed by atoms with van der Waals surface area (Å²) in [6, 6.07) is 5.90. The van der Waals surface area contributed by atoms with E-state index in [0.717, 1.165) is 12.0 Å². The highest BCUT2D eigenvalue weighted by Crippen LogP contribution is 2.27. The van der Waals surface area contributed by atoms with Crippen LogP contribution in [0.5, 0.6) is 5.75 Å². The van der Waals surface area contributed by atoms with E-state index >= 15 is 0 Å². The second-order valence-electron chi connectivity index (χ2n) is 5.09. The third-order valence-corrected chi connectivity index (χ3v) is 2.69. The molecule has 0 aliphatic carbocycles. The maximum Gasteiger partial charge on any atom is 0.227 e. The number of carbonyl (C=O) groups is 1. The van der Waals surface area contributed by atoms with E-state index < -0.39 is 0 Å². The fourth-order valence-corrected chi connectivity index (χ4v) is 1.72. The van der Waals surface area contributed by atoms with Gasteiger partial charge in [0.25, 0.3) is 0 Å². The zero-order chi connectivity index (χ0) is 14.4. The fourth-order valence-electron chi connectivity index (χ4n) is 1.72. The normalized spacial score (nSPS) is 12.3.